The minimum absolute atomic E-state index is 0.158. The Kier molecular flexibility index (Phi) is 11.5. The number of hydrogen-bond acceptors (Lipinski definition) is 8. The normalized spacial score (nSPS) is 23.3. The Morgan fingerprint density at radius 1 is 0.594 bits per heavy atom. The molecule has 0 bridgehead atoms. The van der Waals surface area contributed by atoms with Crippen LogP contribution in [0.2, 0.25) is 0 Å². The van der Waals surface area contributed by atoms with Crippen LogP contribution in [0, 0.1) is 34.3 Å². The Bertz CT molecular complexity index is 2770. The van der Waals surface area contributed by atoms with Crippen molar-refractivity contribution in [3.8, 4) is 11.4 Å². The van der Waals surface area contributed by atoms with Crippen molar-refractivity contribution in [3.05, 3.63) is 167 Å². The first-order valence-electron chi connectivity index (χ1n) is 21.6. The van der Waals surface area contributed by atoms with Gasteiger partial charge in [0.15, 0.2) is 19.7 Å². The van der Waals surface area contributed by atoms with Gasteiger partial charge in [-0.1, -0.05) is 61.4 Å². The third-order valence-corrected chi connectivity index (χ3v) is 17.7. The second-order valence-electron chi connectivity index (χ2n) is 18.0. The predicted octanol–water partition coefficient (Wildman–Crippen LogP) is 8.40. The van der Waals surface area contributed by atoms with Gasteiger partial charge in [-0.25, -0.2) is 35.0 Å². The first kappa shape index (κ1) is 43.7. The molecule has 4 aliphatic carbocycles. The summed E-state index contributed by atoms with van der Waals surface area (Å²) in [5.74, 6) is -1.47. The highest BCUT2D eigenvalue weighted by atomic mass is 32.2. The summed E-state index contributed by atoms with van der Waals surface area (Å²) >= 11 is 0. The summed E-state index contributed by atoms with van der Waals surface area (Å²) < 4.78 is 81.6. The summed E-state index contributed by atoms with van der Waals surface area (Å²) in [6.45, 7) is 4.24. The van der Waals surface area contributed by atoms with Gasteiger partial charge in [0.1, 0.15) is 11.6 Å². The first-order chi connectivity index (χ1) is 30.6. The minimum Gasteiger partial charge on any atom is -0.392 e. The van der Waals surface area contributed by atoms with Crippen LogP contribution in [-0.2, 0) is 32.5 Å². The summed E-state index contributed by atoms with van der Waals surface area (Å²) in [5, 5.41) is 31.1. The van der Waals surface area contributed by atoms with Crippen molar-refractivity contribution in [2.45, 2.75) is 74.4 Å². The average molecular weight is 905 g/mol. The molecule has 64 heavy (non-hydrogen) atoms. The monoisotopic (exact) mass is 904 g/mol. The summed E-state index contributed by atoms with van der Waals surface area (Å²) in [7, 11) is -7.15. The number of allylic oxidation sites excluding steroid dienone is 2. The zero-order valence-electron chi connectivity index (χ0n) is 35.6. The summed E-state index contributed by atoms with van der Waals surface area (Å²) in [6, 6.07) is 29.1. The molecule has 14 heteroatoms. The molecule has 0 radical (unpaired) electrons. The van der Waals surface area contributed by atoms with E-state index in [4.69, 9.17) is 0 Å². The fraction of sp³-hybridized carbons (Fsp3) is 0.320. The van der Waals surface area contributed by atoms with Gasteiger partial charge in [0, 0.05) is 0 Å². The van der Waals surface area contributed by atoms with Crippen molar-refractivity contribution in [2.75, 3.05) is 11.5 Å². The van der Waals surface area contributed by atoms with E-state index in [0.717, 1.165) is 59.6 Å². The number of halogens is 2. The number of aliphatic hydroxyl groups excluding tert-OH is 2. The summed E-state index contributed by atoms with van der Waals surface area (Å²) in [4.78, 5) is 0.481. The Morgan fingerprint density at radius 2 is 0.953 bits per heavy atom. The topological polar surface area (TPSA) is 144 Å². The molecule has 0 spiro atoms. The lowest BCUT2D eigenvalue weighted by atomic mass is 9.68. The number of benzene rings is 4. The van der Waals surface area contributed by atoms with Crippen molar-refractivity contribution in [1.29, 1.82) is 0 Å². The number of rotatable bonds is 10. The van der Waals surface area contributed by atoms with Crippen LogP contribution in [0.3, 0.4) is 0 Å². The molecule has 6 atom stereocenters. The second kappa shape index (κ2) is 16.8. The smallest absolute Gasteiger partial charge is 0.180 e. The van der Waals surface area contributed by atoms with Crippen LogP contribution in [0.15, 0.2) is 143 Å². The molecule has 0 amide bonds. The van der Waals surface area contributed by atoms with Crippen LogP contribution in [0.5, 0.6) is 0 Å². The van der Waals surface area contributed by atoms with E-state index in [-0.39, 0.29) is 55.6 Å². The fourth-order valence-electron chi connectivity index (χ4n) is 10.7. The van der Waals surface area contributed by atoms with Crippen molar-refractivity contribution < 1.29 is 35.8 Å². The quantitative estimate of drug-likeness (QED) is 0.140. The van der Waals surface area contributed by atoms with Gasteiger partial charge in [-0.15, -0.1) is 0 Å². The lowest BCUT2D eigenvalue weighted by molar-refractivity contribution is 0.0726. The first-order valence-corrected chi connectivity index (χ1v) is 24.9. The molecule has 2 N–H and O–H groups in total. The zero-order chi connectivity index (χ0) is 45.0. The minimum atomic E-state index is -3.57. The van der Waals surface area contributed by atoms with E-state index >= 15 is 0 Å². The van der Waals surface area contributed by atoms with Gasteiger partial charge in [0.2, 0.25) is 0 Å². The van der Waals surface area contributed by atoms with Gasteiger partial charge in [0.25, 0.3) is 0 Å². The highest BCUT2D eigenvalue weighted by Gasteiger charge is 2.50. The lowest BCUT2D eigenvalue weighted by Crippen LogP contribution is -2.39. The molecule has 2 saturated carbocycles. The van der Waals surface area contributed by atoms with Crippen LogP contribution in [0.25, 0.3) is 23.5 Å². The molecule has 2 fully saturated rings. The van der Waals surface area contributed by atoms with Crippen molar-refractivity contribution in [3.63, 3.8) is 0 Å². The van der Waals surface area contributed by atoms with Crippen LogP contribution in [0.1, 0.15) is 62.0 Å². The van der Waals surface area contributed by atoms with Gasteiger partial charge in [0.05, 0.1) is 68.7 Å². The molecule has 10 rings (SSSR count). The Morgan fingerprint density at radius 3 is 1.31 bits per heavy atom. The third kappa shape index (κ3) is 8.10. The molecule has 10 nitrogen and oxygen atoms in total. The van der Waals surface area contributed by atoms with Crippen molar-refractivity contribution in [1.82, 2.24) is 19.6 Å². The van der Waals surface area contributed by atoms with E-state index < -0.39 is 31.9 Å². The molecular formula is C50H50F2N4O6S2. The Labute approximate surface area is 372 Å². The molecule has 4 aliphatic rings. The number of fused-ring (bicyclic) bond motifs is 4. The summed E-state index contributed by atoms with van der Waals surface area (Å²) in [5.41, 5.74) is 7.37. The zero-order valence-corrected chi connectivity index (χ0v) is 37.2. The number of aromatic nitrogens is 4. The van der Waals surface area contributed by atoms with E-state index in [0.29, 0.717) is 12.8 Å². The van der Waals surface area contributed by atoms with Gasteiger partial charge in [-0.2, -0.15) is 10.2 Å². The highest BCUT2D eigenvalue weighted by Crippen LogP contribution is 2.56. The molecule has 2 heterocycles. The third-order valence-electron chi connectivity index (χ3n) is 14.1. The molecule has 0 aliphatic heterocycles. The van der Waals surface area contributed by atoms with Gasteiger partial charge >= 0.3 is 0 Å². The van der Waals surface area contributed by atoms with E-state index in [1.807, 2.05) is 21.8 Å². The van der Waals surface area contributed by atoms with E-state index in [1.165, 1.54) is 35.4 Å². The van der Waals surface area contributed by atoms with Gasteiger partial charge < -0.3 is 10.2 Å². The maximum atomic E-state index is 13.3. The van der Waals surface area contributed by atoms with Crippen LogP contribution in [-0.4, -0.2) is 70.3 Å². The maximum absolute atomic E-state index is 13.3. The number of hydrogen-bond donors (Lipinski definition) is 2. The van der Waals surface area contributed by atoms with Crippen LogP contribution in [0.4, 0.5) is 8.78 Å². The number of sulfone groups is 2. The fourth-order valence-corrected chi connectivity index (χ4v) is 13.6. The lowest BCUT2D eigenvalue weighted by Gasteiger charge is -2.38. The SMILES string of the molecule is C[C@]12Cc3cnn(-c4ccc(F)cc4)c3C=C1CC[C@@H]2[C@@H](O)CS(=O)(=O)c1ccccc1.C[C@]12Cc3cnn(-c4ccc(F)cc4)c3C=C1CC[C@@H]2[C@H](O)CS(=O)(=O)c1ccccc1. The molecule has 0 unspecified atom stereocenters. The average Bonchev–Trinajstić information content (AvgIpc) is 4.05. The van der Waals surface area contributed by atoms with Crippen molar-refractivity contribution in [2.24, 2.45) is 22.7 Å². The predicted molar refractivity (Wildman–Crippen MR) is 241 cm³/mol. The van der Waals surface area contributed by atoms with E-state index in [1.54, 1.807) is 84.9 Å². The standard InChI is InChI=1S/2C25H25FN2O3S/c2*1-25-14-17-15-27-28(20-10-8-19(26)9-11-20)23(17)13-18(25)7-12-22(25)24(29)16-32(30,31)21-5-3-2-4-6-21/h2*2-6,8-11,13,15,22,24,29H,7,12,14,16H2,1H3/t22-,24+,25+;22-,24-,25+/m11/s1. The molecule has 4 aromatic carbocycles. The van der Waals surface area contributed by atoms with Gasteiger partial charge in [-0.3, -0.25) is 0 Å². The van der Waals surface area contributed by atoms with Crippen LogP contribution < -0.4 is 0 Å². The van der Waals surface area contributed by atoms with E-state index in [9.17, 15) is 35.8 Å². The van der Waals surface area contributed by atoms with E-state index in [2.05, 4.69) is 36.2 Å². The van der Waals surface area contributed by atoms with Crippen LogP contribution >= 0.6 is 0 Å². The second-order valence-corrected chi connectivity index (χ2v) is 22.1. The molecule has 0 saturated heterocycles. The molecule has 332 valence electrons. The van der Waals surface area contributed by atoms with Gasteiger partial charge in [-0.05, 0) is 157 Å². The molecular weight excluding hydrogens is 855 g/mol. The number of aliphatic hydroxyl groups is 2. The van der Waals surface area contributed by atoms with Crippen molar-refractivity contribution >= 4 is 31.8 Å². The maximum Gasteiger partial charge on any atom is 0.180 e. The Hall–Kier alpha value is -5.54. The largest absolute Gasteiger partial charge is 0.392 e. The summed E-state index contributed by atoms with van der Waals surface area (Å²) in [6.07, 6.45) is 10.4. The molecule has 2 aromatic heterocycles. The Balaban J connectivity index is 0.000000162. The molecule has 6 aromatic rings. The highest BCUT2D eigenvalue weighted by molar-refractivity contribution is 7.91. The number of nitrogens with zero attached hydrogens (tertiary/aromatic N) is 4.